The molecular formula is C17H31N3O3. The normalized spacial score (nSPS) is 23.8. The lowest BCUT2D eigenvalue weighted by atomic mass is 10.1. The Bertz CT molecular complexity index is 429. The second kappa shape index (κ2) is 7.51. The van der Waals surface area contributed by atoms with E-state index in [1.54, 1.807) is 4.90 Å². The highest BCUT2D eigenvalue weighted by Crippen LogP contribution is 2.19. The molecule has 23 heavy (non-hydrogen) atoms. The third kappa shape index (κ3) is 6.37. The van der Waals surface area contributed by atoms with Gasteiger partial charge in [-0.1, -0.05) is 0 Å². The second-order valence-electron chi connectivity index (χ2n) is 7.77. The number of nitrogens with one attached hydrogen (secondary N) is 2. The van der Waals surface area contributed by atoms with Gasteiger partial charge in [-0.2, -0.15) is 0 Å². The van der Waals surface area contributed by atoms with Crippen LogP contribution in [0.1, 0.15) is 59.8 Å². The van der Waals surface area contributed by atoms with Crippen molar-refractivity contribution in [3.05, 3.63) is 0 Å². The van der Waals surface area contributed by atoms with Gasteiger partial charge in [0.15, 0.2) is 0 Å². The molecule has 2 fully saturated rings. The number of amides is 2. The van der Waals surface area contributed by atoms with Gasteiger partial charge in [0.25, 0.3) is 0 Å². The number of likely N-dealkylation sites (tertiary alicyclic amines) is 1. The Morgan fingerprint density at radius 2 is 1.78 bits per heavy atom. The fraction of sp³-hybridized carbons (Fsp3) is 0.882. The molecule has 0 aromatic heterocycles. The van der Waals surface area contributed by atoms with Gasteiger partial charge in [-0.05, 0) is 59.8 Å². The van der Waals surface area contributed by atoms with Crippen molar-refractivity contribution in [3.8, 4) is 0 Å². The van der Waals surface area contributed by atoms with E-state index in [9.17, 15) is 9.59 Å². The Labute approximate surface area is 139 Å². The van der Waals surface area contributed by atoms with Gasteiger partial charge in [0.2, 0.25) is 5.91 Å². The van der Waals surface area contributed by atoms with E-state index < -0.39 is 5.60 Å². The van der Waals surface area contributed by atoms with Crippen molar-refractivity contribution in [3.63, 3.8) is 0 Å². The summed E-state index contributed by atoms with van der Waals surface area (Å²) in [6.45, 7) is 8.95. The first-order valence-corrected chi connectivity index (χ1v) is 8.79. The molecule has 2 amide bonds. The fourth-order valence-electron chi connectivity index (χ4n) is 2.76. The Hall–Kier alpha value is -1.30. The topological polar surface area (TPSA) is 70.7 Å². The molecule has 0 aromatic rings. The van der Waals surface area contributed by atoms with Crippen LogP contribution in [-0.4, -0.2) is 53.7 Å². The molecule has 1 aliphatic heterocycles. The predicted molar refractivity (Wildman–Crippen MR) is 89.2 cm³/mol. The van der Waals surface area contributed by atoms with Gasteiger partial charge in [0.1, 0.15) is 5.60 Å². The van der Waals surface area contributed by atoms with Crippen molar-refractivity contribution < 1.29 is 14.3 Å². The third-order valence-electron chi connectivity index (χ3n) is 4.18. The monoisotopic (exact) mass is 325 g/mol. The maximum atomic E-state index is 12.2. The molecule has 1 heterocycles. The molecule has 132 valence electrons. The molecule has 1 saturated heterocycles. The highest BCUT2D eigenvalue weighted by molar-refractivity contribution is 5.81. The maximum Gasteiger partial charge on any atom is 0.410 e. The summed E-state index contributed by atoms with van der Waals surface area (Å²) in [5, 5.41) is 6.43. The molecule has 1 aliphatic carbocycles. The standard InChI is InChI=1S/C17H31N3O3/c1-12(15(21)19-14-7-8-14)18-13-6-5-10-20(11-9-13)16(22)23-17(2,3)4/h12-14,18H,5-11H2,1-4H3,(H,19,21). The van der Waals surface area contributed by atoms with Crippen molar-refractivity contribution in [2.45, 2.75) is 83.5 Å². The minimum Gasteiger partial charge on any atom is -0.444 e. The SMILES string of the molecule is CC(NC1CCCN(C(=O)OC(C)(C)C)CC1)C(=O)NC1CC1. The van der Waals surface area contributed by atoms with Crippen LogP contribution in [0.3, 0.4) is 0 Å². The Kier molecular flexibility index (Phi) is 5.89. The third-order valence-corrected chi connectivity index (χ3v) is 4.18. The van der Waals surface area contributed by atoms with Crippen LogP contribution in [0.2, 0.25) is 0 Å². The average molecular weight is 325 g/mol. The van der Waals surface area contributed by atoms with E-state index in [0.29, 0.717) is 12.6 Å². The zero-order valence-corrected chi connectivity index (χ0v) is 14.9. The molecule has 2 rings (SSSR count). The van der Waals surface area contributed by atoms with E-state index >= 15 is 0 Å². The van der Waals surface area contributed by atoms with Crippen molar-refractivity contribution in [1.82, 2.24) is 15.5 Å². The minimum absolute atomic E-state index is 0.0840. The lowest BCUT2D eigenvalue weighted by molar-refractivity contribution is -0.123. The summed E-state index contributed by atoms with van der Waals surface area (Å²) in [7, 11) is 0. The van der Waals surface area contributed by atoms with Gasteiger partial charge in [-0.25, -0.2) is 4.79 Å². The number of carbonyl (C=O) groups is 2. The van der Waals surface area contributed by atoms with Crippen LogP contribution in [0.25, 0.3) is 0 Å². The fourth-order valence-corrected chi connectivity index (χ4v) is 2.76. The largest absolute Gasteiger partial charge is 0.444 e. The van der Waals surface area contributed by atoms with Crippen molar-refractivity contribution in [2.75, 3.05) is 13.1 Å². The van der Waals surface area contributed by atoms with Crippen LogP contribution in [0.15, 0.2) is 0 Å². The maximum absolute atomic E-state index is 12.2. The molecule has 2 N–H and O–H groups in total. The van der Waals surface area contributed by atoms with Crippen molar-refractivity contribution >= 4 is 12.0 Å². The van der Waals surface area contributed by atoms with Crippen LogP contribution in [0.5, 0.6) is 0 Å². The van der Waals surface area contributed by atoms with E-state index in [1.165, 1.54) is 0 Å². The minimum atomic E-state index is -0.462. The molecule has 6 nitrogen and oxygen atoms in total. The lowest BCUT2D eigenvalue weighted by Gasteiger charge is -2.26. The van der Waals surface area contributed by atoms with Crippen LogP contribution >= 0.6 is 0 Å². The summed E-state index contributed by atoms with van der Waals surface area (Å²) in [5.41, 5.74) is -0.462. The van der Waals surface area contributed by atoms with E-state index in [-0.39, 0.29) is 24.1 Å². The lowest BCUT2D eigenvalue weighted by Crippen LogP contribution is -2.47. The van der Waals surface area contributed by atoms with Crippen molar-refractivity contribution in [1.29, 1.82) is 0 Å². The number of ether oxygens (including phenoxy) is 1. The smallest absolute Gasteiger partial charge is 0.410 e. The quantitative estimate of drug-likeness (QED) is 0.830. The molecule has 0 spiro atoms. The summed E-state index contributed by atoms with van der Waals surface area (Å²) in [6, 6.07) is 0.472. The molecule has 6 heteroatoms. The zero-order chi connectivity index (χ0) is 17.0. The van der Waals surface area contributed by atoms with E-state index in [4.69, 9.17) is 4.74 Å². The van der Waals surface area contributed by atoms with Gasteiger partial charge in [-0.3, -0.25) is 4.79 Å². The Balaban J connectivity index is 1.76. The summed E-state index contributed by atoms with van der Waals surface area (Å²) in [5.74, 6) is 0.0840. The zero-order valence-electron chi connectivity index (χ0n) is 14.9. The van der Waals surface area contributed by atoms with Gasteiger partial charge in [-0.15, -0.1) is 0 Å². The molecule has 2 aliphatic rings. The molecule has 0 bridgehead atoms. The van der Waals surface area contributed by atoms with Crippen LogP contribution in [-0.2, 0) is 9.53 Å². The predicted octanol–water partition coefficient (Wildman–Crippen LogP) is 2.03. The molecule has 0 radical (unpaired) electrons. The van der Waals surface area contributed by atoms with E-state index in [1.807, 2.05) is 27.7 Å². The summed E-state index contributed by atoms with van der Waals surface area (Å²) in [6.07, 6.45) is 4.71. The van der Waals surface area contributed by atoms with Gasteiger partial charge < -0.3 is 20.3 Å². The molecule has 2 atom stereocenters. The highest BCUT2D eigenvalue weighted by atomic mass is 16.6. The molecule has 1 saturated carbocycles. The van der Waals surface area contributed by atoms with Gasteiger partial charge in [0, 0.05) is 25.2 Å². The number of hydrogen-bond acceptors (Lipinski definition) is 4. The Morgan fingerprint density at radius 1 is 1.09 bits per heavy atom. The first-order valence-electron chi connectivity index (χ1n) is 8.79. The summed E-state index contributed by atoms with van der Waals surface area (Å²) < 4.78 is 5.44. The number of hydrogen-bond donors (Lipinski definition) is 2. The van der Waals surface area contributed by atoms with E-state index in [0.717, 1.165) is 38.6 Å². The molecular weight excluding hydrogens is 294 g/mol. The first-order chi connectivity index (χ1) is 10.7. The van der Waals surface area contributed by atoms with E-state index in [2.05, 4.69) is 10.6 Å². The van der Waals surface area contributed by atoms with Gasteiger partial charge in [0.05, 0.1) is 6.04 Å². The second-order valence-corrected chi connectivity index (χ2v) is 7.77. The number of carbonyl (C=O) groups excluding carboxylic acids is 2. The average Bonchev–Trinajstić information content (AvgIpc) is 3.24. The number of rotatable bonds is 4. The summed E-state index contributed by atoms with van der Waals surface area (Å²) in [4.78, 5) is 26.0. The number of nitrogens with zero attached hydrogens (tertiary/aromatic N) is 1. The van der Waals surface area contributed by atoms with Crippen LogP contribution < -0.4 is 10.6 Å². The van der Waals surface area contributed by atoms with Gasteiger partial charge >= 0.3 is 6.09 Å². The van der Waals surface area contributed by atoms with Crippen LogP contribution in [0.4, 0.5) is 4.79 Å². The van der Waals surface area contributed by atoms with Crippen molar-refractivity contribution in [2.24, 2.45) is 0 Å². The summed E-state index contributed by atoms with van der Waals surface area (Å²) >= 11 is 0. The first kappa shape index (κ1) is 18.0. The molecule has 0 aromatic carbocycles. The molecule has 2 unspecified atom stereocenters. The van der Waals surface area contributed by atoms with Crippen LogP contribution in [0, 0.1) is 0 Å². The highest BCUT2D eigenvalue weighted by Gasteiger charge is 2.28. The Morgan fingerprint density at radius 3 is 2.39 bits per heavy atom.